The lowest BCUT2D eigenvalue weighted by Gasteiger charge is -2.19. The van der Waals surface area contributed by atoms with Gasteiger partial charge < -0.3 is 10.2 Å². The smallest absolute Gasteiger partial charge is 0.227 e. The van der Waals surface area contributed by atoms with E-state index in [1.807, 2.05) is 32.0 Å². The third kappa shape index (κ3) is 3.63. The Morgan fingerprint density at radius 1 is 1.29 bits per heavy atom. The maximum atomic E-state index is 12.2. The zero-order valence-electron chi connectivity index (χ0n) is 13.2. The van der Waals surface area contributed by atoms with E-state index in [4.69, 9.17) is 0 Å². The summed E-state index contributed by atoms with van der Waals surface area (Å²) in [5.74, 6) is 0.172. The Balaban J connectivity index is 2.13. The van der Waals surface area contributed by atoms with Crippen LogP contribution in [0.4, 0.5) is 5.69 Å². The molecule has 1 aliphatic heterocycles. The summed E-state index contributed by atoms with van der Waals surface area (Å²) in [5.41, 5.74) is 2.10. The molecule has 21 heavy (non-hydrogen) atoms. The topological polar surface area (TPSA) is 49.4 Å². The molecule has 1 N–H and O–H groups in total. The van der Waals surface area contributed by atoms with Crippen LogP contribution in [0.1, 0.15) is 45.6 Å². The van der Waals surface area contributed by atoms with E-state index in [9.17, 15) is 9.59 Å². The molecule has 1 aromatic rings. The molecule has 1 aliphatic rings. The van der Waals surface area contributed by atoms with E-state index in [0.29, 0.717) is 18.9 Å². The molecule has 2 amide bonds. The van der Waals surface area contributed by atoms with Crippen LogP contribution in [0, 0.1) is 5.92 Å². The van der Waals surface area contributed by atoms with E-state index in [1.54, 1.807) is 4.90 Å². The van der Waals surface area contributed by atoms with Gasteiger partial charge in [-0.25, -0.2) is 0 Å². The van der Waals surface area contributed by atoms with Crippen molar-refractivity contribution >= 4 is 17.5 Å². The third-order valence-corrected chi connectivity index (χ3v) is 3.78. The second-order valence-electron chi connectivity index (χ2n) is 6.32. The Labute approximate surface area is 126 Å². The molecule has 0 saturated carbocycles. The van der Waals surface area contributed by atoms with Crippen LogP contribution in [0.5, 0.6) is 0 Å². The summed E-state index contributed by atoms with van der Waals surface area (Å²) in [6.07, 6.45) is 0.296. The van der Waals surface area contributed by atoms with Crippen LogP contribution in [-0.4, -0.2) is 24.4 Å². The summed E-state index contributed by atoms with van der Waals surface area (Å²) in [7, 11) is 0. The number of benzene rings is 1. The molecule has 1 atom stereocenters. The fraction of sp³-hybridized carbons (Fsp3) is 0.529. The number of rotatable bonds is 4. The zero-order chi connectivity index (χ0) is 15.6. The number of nitrogens with zero attached hydrogens (tertiary/aromatic N) is 1. The molecule has 2 rings (SSSR count). The Kier molecular flexibility index (Phi) is 4.66. The summed E-state index contributed by atoms with van der Waals surface area (Å²) >= 11 is 0. The van der Waals surface area contributed by atoms with E-state index in [1.165, 1.54) is 5.56 Å². The fourth-order valence-electron chi connectivity index (χ4n) is 2.59. The minimum absolute atomic E-state index is 0.0270. The highest BCUT2D eigenvalue weighted by Gasteiger charge is 2.35. The van der Waals surface area contributed by atoms with Crippen LogP contribution >= 0.6 is 0 Å². The average Bonchev–Trinajstić information content (AvgIpc) is 2.80. The standard InChI is InChI=1S/C17H24N2O2/c1-11(2)13-6-5-7-15(8-13)19-10-14(9-16(19)20)17(21)18-12(3)4/h5-8,11-12,14H,9-10H2,1-4H3,(H,18,21)/t14-/m0/s1. The number of hydrogen-bond donors (Lipinski definition) is 1. The van der Waals surface area contributed by atoms with Crippen molar-refractivity contribution in [3.05, 3.63) is 29.8 Å². The molecule has 0 spiro atoms. The van der Waals surface area contributed by atoms with Crippen LogP contribution < -0.4 is 10.2 Å². The molecule has 4 heteroatoms. The maximum Gasteiger partial charge on any atom is 0.227 e. The Morgan fingerprint density at radius 3 is 2.62 bits per heavy atom. The van der Waals surface area contributed by atoms with Gasteiger partial charge in [-0.15, -0.1) is 0 Å². The van der Waals surface area contributed by atoms with Gasteiger partial charge in [0.15, 0.2) is 0 Å². The van der Waals surface area contributed by atoms with Crippen molar-refractivity contribution in [1.82, 2.24) is 5.32 Å². The van der Waals surface area contributed by atoms with Gasteiger partial charge in [-0.2, -0.15) is 0 Å². The lowest BCUT2D eigenvalue weighted by atomic mass is 10.0. The minimum Gasteiger partial charge on any atom is -0.354 e. The van der Waals surface area contributed by atoms with Gasteiger partial charge in [-0.3, -0.25) is 9.59 Å². The number of anilines is 1. The molecule has 4 nitrogen and oxygen atoms in total. The Bertz CT molecular complexity index is 537. The summed E-state index contributed by atoms with van der Waals surface area (Å²) in [5, 5.41) is 2.89. The largest absolute Gasteiger partial charge is 0.354 e. The summed E-state index contributed by atoms with van der Waals surface area (Å²) < 4.78 is 0. The van der Waals surface area contributed by atoms with E-state index >= 15 is 0 Å². The first-order valence-electron chi connectivity index (χ1n) is 7.59. The van der Waals surface area contributed by atoms with E-state index < -0.39 is 0 Å². The lowest BCUT2D eigenvalue weighted by Crippen LogP contribution is -2.36. The van der Waals surface area contributed by atoms with Crippen molar-refractivity contribution in [3.8, 4) is 0 Å². The van der Waals surface area contributed by atoms with E-state index in [-0.39, 0.29) is 23.8 Å². The minimum atomic E-state index is -0.248. The molecule has 0 aliphatic carbocycles. The molecular weight excluding hydrogens is 264 g/mol. The summed E-state index contributed by atoms with van der Waals surface area (Å²) in [6.45, 7) is 8.59. The Hall–Kier alpha value is -1.84. The van der Waals surface area contributed by atoms with Crippen LogP contribution in [0.25, 0.3) is 0 Å². The zero-order valence-corrected chi connectivity index (χ0v) is 13.2. The molecule has 0 radical (unpaired) electrons. The van der Waals surface area contributed by atoms with Gasteiger partial charge in [-0.05, 0) is 37.5 Å². The highest BCUT2D eigenvalue weighted by atomic mass is 16.2. The number of carbonyl (C=O) groups excluding carboxylic acids is 2. The molecule has 1 heterocycles. The van der Waals surface area contributed by atoms with Crippen LogP contribution in [0.15, 0.2) is 24.3 Å². The number of hydrogen-bond acceptors (Lipinski definition) is 2. The van der Waals surface area contributed by atoms with Gasteiger partial charge in [-0.1, -0.05) is 26.0 Å². The third-order valence-electron chi connectivity index (χ3n) is 3.78. The quantitative estimate of drug-likeness (QED) is 0.926. The van der Waals surface area contributed by atoms with Gasteiger partial charge in [0.1, 0.15) is 0 Å². The molecule has 1 fully saturated rings. The van der Waals surface area contributed by atoms with Crippen LogP contribution in [0.2, 0.25) is 0 Å². The first-order chi connectivity index (χ1) is 9.88. The van der Waals surface area contributed by atoms with Crippen molar-refractivity contribution in [2.24, 2.45) is 5.92 Å². The predicted molar refractivity (Wildman–Crippen MR) is 84.3 cm³/mol. The van der Waals surface area contributed by atoms with Gasteiger partial charge in [0.05, 0.1) is 5.92 Å². The molecule has 0 bridgehead atoms. The fourth-order valence-corrected chi connectivity index (χ4v) is 2.59. The second-order valence-corrected chi connectivity index (χ2v) is 6.32. The molecule has 1 aromatic carbocycles. The van der Waals surface area contributed by atoms with Crippen molar-refractivity contribution in [2.45, 2.75) is 46.1 Å². The van der Waals surface area contributed by atoms with Crippen molar-refractivity contribution in [1.29, 1.82) is 0 Å². The maximum absolute atomic E-state index is 12.2. The molecule has 0 aromatic heterocycles. The summed E-state index contributed by atoms with van der Waals surface area (Å²) in [4.78, 5) is 26.0. The van der Waals surface area contributed by atoms with Gasteiger partial charge in [0.25, 0.3) is 0 Å². The molecule has 1 saturated heterocycles. The van der Waals surface area contributed by atoms with Crippen molar-refractivity contribution < 1.29 is 9.59 Å². The SMILES string of the molecule is CC(C)NC(=O)[C@H]1CC(=O)N(c2cccc(C(C)C)c2)C1. The van der Waals surface area contributed by atoms with Gasteiger partial charge in [0.2, 0.25) is 11.8 Å². The second kappa shape index (κ2) is 6.29. The highest BCUT2D eigenvalue weighted by Crippen LogP contribution is 2.27. The molecular formula is C17H24N2O2. The predicted octanol–water partition coefficient (Wildman–Crippen LogP) is 2.69. The molecule has 0 unspecified atom stereocenters. The van der Waals surface area contributed by atoms with Crippen molar-refractivity contribution in [2.75, 3.05) is 11.4 Å². The first-order valence-corrected chi connectivity index (χ1v) is 7.59. The monoisotopic (exact) mass is 288 g/mol. The number of carbonyl (C=O) groups is 2. The number of nitrogens with one attached hydrogen (secondary N) is 1. The molecule has 114 valence electrons. The Morgan fingerprint density at radius 2 is 2.00 bits per heavy atom. The van der Waals surface area contributed by atoms with Crippen molar-refractivity contribution in [3.63, 3.8) is 0 Å². The first kappa shape index (κ1) is 15.5. The number of amides is 2. The average molecular weight is 288 g/mol. The normalized spacial score (nSPS) is 18.7. The van der Waals surface area contributed by atoms with E-state index in [0.717, 1.165) is 5.69 Å². The van der Waals surface area contributed by atoms with Crippen LogP contribution in [0.3, 0.4) is 0 Å². The van der Waals surface area contributed by atoms with Crippen LogP contribution in [-0.2, 0) is 9.59 Å². The highest BCUT2D eigenvalue weighted by molar-refractivity contribution is 6.00. The summed E-state index contributed by atoms with van der Waals surface area (Å²) in [6, 6.07) is 8.13. The lowest BCUT2D eigenvalue weighted by molar-refractivity contribution is -0.126. The van der Waals surface area contributed by atoms with E-state index in [2.05, 4.69) is 25.2 Å². The van der Waals surface area contributed by atoms with Gasteiger partial charge in [0, 0.05) is 24.7 Å². The van der Waals surface area contributed by atoms with Gasteiger partial charge >= 0.3 is 0 Å².